The normalized spacial score (nSPS) is 11.8. The Balaban J connectivity index is 1.13. The van der Waals surface area contributed by atoms with Crippen LogP contribution in [0.3, 0.4) is 0 Å². The molecule has 5 aromatic rings. The van der Waals surface area contributed by atoms with Crippen molar-refractivity contribution in [2.24, 2.45) is 0 Å². The molecule has 5 heteroatoms. The van der Waals surface area contributed by atoms with E-state index in [1.807, 2.05) is 91.0 Å². The van der Waals surface area contributed by atoms with Crippen LogP contribution in [0.4, 0.5) is 11.4 Å². The predicted molar refractivity (Wildman–Crippen MR) is 163 cm³/mol. The fourth-order valence-corrected chi connectivity index (χ4v) is 5.58. The van der Waals surface area contributed by atoms with E-state index in [-0.39, 0.29) is 5.78 Å². The summed E-state index contributed by atoms with van der Waals surface area (Å²) in [6.07, 6.45) is 3.44. The summed E-state index contributed by atoms with van der Waals surface area (Å²) in [5, 5.41) is 3.44. The van der Waals surface area contributed by atoms with Crippen molar-refractivity contribution < 1.29 is 14.3 Å². The van der Waals surface area contributed by atoms with E-state index in [0.29, 0.717) is 12.2 Å². The van der Waals surface area contributed by atoms with E-state index in [4.69, 9.17) is 9.47 Å². The molecule has 1 aliphatic rings. The first-order chi connectivity index (χ1) is 19.7. The Hall–Kier alpha value is -4.74. The van der Waals surface area contributed by atoms with Gasteiger partial charge in [0.2, 0.25) is 0 Å². The first kappa shape index (κ1) is 25.5. The highest BCUT2D eigenvalue weighted by Crippen LogP contribution is 2.44. The molecule has 0 spiro atoms. The summed E-state index contributed by atoms with van der Waals surface area (Å²) >= 11 is 1.71. The van der Waals surface area contributed by atoms with E-state index >= 15 is 0 Å². The van der Waals surface area contributed by atoms with Crippen molar-refractivity contribution in [1.82, 2.24) is 0 Å². The number of fused-ring (bicyclic) bond motifs is 2. The van der Waals surface area contributed by atoms with E-state index in [0.717, 1.165) is 44.5 Å². The van der Waals surface area contributed by atoms with E-state index in [1.165, 1.54) is 10.5 Å². The van der Waals surface area contributed by atoms with Gasteiger partial charge in [-0.15, -0.1) is 0 Å². The number of benzene rings is 5. The molecule has 0 amide bonds. The zero-order chi connectivity index (χ0) is 27.3. The Morgan fingerprint density at radius 2 is 1.52 bits per heavy atom. The zero-order valence-electron chi connectivity index (χ0n) is 22.0. The molecule has 0 aromatic heterocycles. The first-order valence-corrected chi connectivity index (χ1v) is 13.8. The first-order valence-electron chi connectivity index (χ1n) is 13.0. The third-order valence-electron chi connectivity index (χ3n) is 6.73. The van der Waals surface area contributed by atoms with E-state index in [2.05, 4.69) is 35.6 Å². The minimum absolute atomic E-state index is 0.0550. The van der Waals surface area contributed by atoms with Crippen LogP contribution in [0.1, 0.15) is 21.5 Å². The lowest BCUT2D eigenvalue weighted by Gasteiger charge is -2.20. The standard InChI is InChI=1S/C35H27NO3S/c1-38-33-19-12-24(21-28(33)23-39-29-16-13-26(14-17-29)25-7-3-2-4-8-25)11-18-32(37)27-15-20-35-31(22-27)36-30-9-5-6-10-34(30)40-35/h2-22,36H,23H2,1H3/b18-11+. The Morgan fingerprint density at radius 1 is 0.775 bits per heavy atom. The fourth-order valence-electron chi connectivity index (χ4n) is 4.61. The Labute approximate surface area is 238 Å². The van der Waals surface area contributed by atoms with Crippen LogP contribution in [0.2, 0.25) is 0 Å². The van der Waals surface area contributed by atoms with Crippen LogP contribution in [0.5, 0.6) is 11.5 Å². The second kappa shape index (κ2) is 11.6. The van der Waals surface area contributed by atoms with Crippen molar-refractivity contribution >= 4 is 35.0 Å². The monoisotopic (exact) mass is 541 g/mol. The van der Waals surface area contributed by atoms with Gasteiger partial charge in [-0.2, -0.15) is 0 Å². The van der Waals surface area contributed by atoms with Crippen molar-refractivity contribution in [3.8, 4) is 22.6 Å². The summed E-state index contributed by atoms with van der Waals surface area (Å²) in [7, 11) is 1.65. The molecule has 0 bridgehead atoms. The summed E-state index contributed by atoms with van der Waals surface area (Å²) in [5.41, 5.74) is 6.74. The van der Waals surface area contributed by atoms with Crippen LogP contribution in [0.25, 0.3) is 17.2 Å². The van der Waals surface area contributed by atoms with Crippen molar-refractivity contribution in [3.05, 3.63) is 138 Å². The molecule has 0 saturated carbocycles. The maximum atomic E-state index is 13.0. The van der Waals surface area contributed by atoms with E-state index in [1.54, 1.807) is 24.9 Å². The van der Waals surface area contributed by atoms with Crippen molar-refractivity contribution in [2.45, 2.75) is 16.4 Å². The van der Waals surface area contributed by atoms with Gasteiger partial charge in [0.15, 0.2) is 5.78 Å². The number of para-hydroxylation sites is 1. The third kappa shape index (κ3) is 5.65. The largest absolute Gasteiger partial charge is 0.496 e. The number of ether oxygens (including phenoxy) is 2. The van der Waals surface area contributed by atoms with Gasteiger partial charge in [-0.25, -0.2) is 0 Å². The number of methoxy groups -OCH3 is 1. The molecule has 0 radical (unpaired) electrons. The lowest BCUT2D eigenvalue weighted by Crippen LogP contribution is -2.02. The van der Waals surface area contributed by atoms with Crippen molar-refractivity contribution in [1.29, 1.82) is 0 Å². The number of anilines is 2. The Bertz CT molecular complexity index is 1690. The lowest BCUT2D eigenvalue weighted by atomic mass is 10.1. The second-order valence-electron chi connectivity index (χ2n) is 9.38. The van der Waals surface area contributed by atoms with Crippen LogP contribution in [0, 0.1) is 0 Å². The van der Waals surface area contributed by atoms with Crippen LogP contribution < -0.4 is 14.8 Å². The average molecular weight is 542 g/mol. The highest BCUT2D eigenvalue weighted by molar-refractivity contribution is 7.99. The van der Waals surface area contributed by atoms with Gasteiger partial charge in [-0.1, -0.05) is 78.5 Å². The van der Waals surface area contributed by atoms with Gasteiger partial charge in [0.25, 0.3) is 0 Å². The topological polar surface area (TPSA) is 47.6 Å². The van der Waals surface area contributed by atoms with Crippen LogP contribution in [-0.2, 0) is 6.61 Å². The molecule has 1 aliphatic heterocycles. The van der Waals surface area contributed by atoms with Gasteiger partial charge in [0, 0.05) is 20.9 Å². The number of nitrogens with one attached hydrogen (secondary N) is 1. The third-order valence-corrected chi connectivity index (χ3v) is 7.88. The zero-order valence-corrected chi connectivity index (χ0v) is 22.8. The van der Waals surface area contributed by atoms with Gasteiger partial charge in [-0.05, 0) is 77.4 Å². The molecule has 0 aliphatic carbocycles. The quantitative estimate of drug-likeness (QED) is 0.154. The minimum Gasteiger partial charge on any atom is -0.496 e. The molecule has 196 valence electrons. The van der Waals surface area contributed by atoms with Gasteiger partial charge in [-0.3, -0.25) is 4.79 Å². The van der Waals surface area contributed by atoms with Crippen LogP contribution in [0.15, 0.2) is 131 Å². The van der Waals surface area contributed by atoms with Gasteiger partial charge >= 0.3 is 0 Å². The Morgan fingerprint density at radius 3 is 2.35 bits per heavy atom. The number of hydrogen-bond acceptors (Lipinski definition) is 5. The number of allylic oxidation sites excluding steroid dienone is 1. The summed E-state index contributed by atoms with van der Waals surface area (Å²) in [6, 6.07) is 38.1. The molecule has 1 heterocycles. The molecular formula is C35H27NO3S. The van der Waals surface area contributed by atoms with Crippen molar-refractivity contribution in [3.63, 3.8) is 0 Å². The molecule has 6 rings (SSSR count). The maximum absolute atomic E-state index is 13.0. The summed E-state index contributed by atoms with van der Waals surface area (Å²) in [5.74, 6) is 1.46. The molecule has 0 atom stereocenters. The summed E-state index contributed by atoms with van der Waals surface area (Å²) in [6.45, 7) is 0.346. The number of rotatable bonds is 8. The molecule has 4 nitrogen and oxygen atoms in total. The smallest absolute Gasteiger partial charge is 0.185 e. The fraction of sp³-hybridized carbons (Fsp3) is 0.0571. The maximum Gasteiger partial charge on any atom is 0.185 e. The molecule has 1 N–H and O–H groups in total. The molecule has 5 aromatic carbocycles. The minimum atomic E-state index is -0.0550. The molecular weight excluding hydrogens is 514 g/mol. The van der Waals surface area contributed by atoms with Crippen LogP contribution >= 0.6 is 11.8 Å². The van der Waals surface area contributed by atoms with E-state index in [9.17, 15) is 4.79 Å². The van der Waals surface area contributed by atoms with Gasteiger partial charge < -0.3 is 14.8 Å². The molecule has 0 fully saturated rings. The summed E-state index contributed by atoms with van der Waals surface area (Å²) < 4.78 is 11.6. The van der Waals surface area contributed by atoms with Crippen molar-refractivity contribution in [2.75, 3.05) is 12.4 Å². The number of carbonyl (C=O) groups excluding carboxylic acids is 1. The van der Waals surface area contributed by atoms with Crippen LogP contribution in [-0.4, -0.2) is 12.9 Å². The van der Waals surface area contributed by atoms with Gasteiger partial charge in [0.05, 0.1) is 18.5 Å². The lowest BCUT2D eigenvalue weighted by molar-refractivity contribution is 0.104. The number of hydrogen-bond donors (Lipinski definition) is 1. The molecule has 40 heavy (non-hydrogen) atoms. The highest BCUT2D eigenvalue weighted by atomic mass is 32.2. The van der Waals surface area contributed by atoms with E-state index < -0.39 is 0 Å². The Kier molecular flexibility index (Phi) is 7.38. The average Bonchev–Trinajstić information content (AvgIpc) is 3.02. The number of ketones is 1. The second-order valence-corrected chi connectivity index (χ2v) is 10.5. The predicted octanol–water partition coefficient (Wildman–Crippen LogP) is 9.05. The number of carbonyl (C=O) groups is 1. The molecule has 0 saturated heterocycles. The molecule has 0 unspecified atom stereocenters. The SMILES string of the molecule is COc1ccc(/C=C/C(=O)c2ccc3c(c2)Nc2ccccc2S3)cc1COc1ccc(-c2ccccc2)cc1. The highest BCUT2D eigenvalue weighted by Gasteiger charge is 2.16. The summed E-state index contributed by atoms with van der Waals surface area (Å²) in [4.78, 5) is 15.3. The van der Waals surface area contributed by atoms with Gasteiger partial charge in [0.1, 0.15) is 18.1 Å².